The largest absolute Gasteiger partial charge is 0.454 e. The molecule has 3 heterocycles. The molecule has 2 aromatic carbocycles. The number of amides is 5. The van der Waals surface area contributed by atoms with Crippen molar-refractivity contribution in [3.63, 3.8) is 0 Å². The van der Waals surface area contributed by atoms with Gasteiger partial charge in [0.15, 0.2) is 11.5 Å². The third-order valence-electron chi connectivity index (χ3n) is 6.12. The maximum absolute atomic E-state index is 12.9. The Labute approximate surface area is 205 Å². The molecule has 0 aromatic heterocycles. The molecule has 10 heteroatoms. The Hall–Kier alpha value is -4.65. The van der Waals surface area contributed by atoms with Crippen LogP contribution < -0.4 is 20.1 Å². The van der Waals surface area contributed by atoms with Gasteiger partial charge in [0.25, 0.3) is 17.7 Å². The van der Waals surface area contributed by atoms with E-state index in [1.54, 1.807) is 36.4 Å². The molecule has 2 aromatic rings. The summed E-state index contributed by atoms with van der Waals surface area (Å²) < 4.78 is 10.5. The molecule has 3 aliphatic heterocycles. The Morgan fingerprint density at radius 1 is 1.03 bits per heavy atom. The first-order valence-electron chi connectivity index (χ1n) is 11.4. The van der Waals surface area contributed by atoms with Crippen LogP contribution >= 0.6 is 0 Å². The monoisotopic (exact) mass is 487 g/mol. The normalized spacial score (nSPS) is 17.9. The molecule has 5 rings (SSSR count). The van der Waals surface area contributed by atoms with Crippen LogP contribution in [0, 0.1) is 11.8 Å². The summed E-state index contributed by atoms with van der Waals surface area (Å²) in [6.45, 7) is 0.542. The highest BCUT2D eigenvalue weighted by Crippen LogP contribution is 2.32. The predicted octanol–water partition coefficient (Wildman–Crippen LogP) is 0.917. The van der Waals surface area contributed by atoms with Gasteiger partial charge in [0.2, 0.25) is 18.6 Å². The number of piperidine rings is 1. The summed E-state index contributed by atoms with van der Waals surface area (Å²) in [4.78, 5) is 62.2. The maximum atomic E-state index is 12.9. The molecule has 182 valence electrons. The number of nitrogens with one attached hydrogen (secondary N) is 2. The molecular weight excluding hydrogens is 466 g/mol. The van der Waals surface area contributed by atoms with Crippen molar-refractivity contribution in [1.29, 1.82) is 0 Å². The second-order valence-electron chi connectivity index (χ2n) is 8.50. The average Bonchev–Trinajstić information content (AvgIpc) is 3.43. The first-order valence-corrected chi connectivity index (χ1v) is 11.4. The zero-order chi connectivity index (χ0) is 25.2. The van der Waals surface area contributed by atoms with E-state index in [0.29, 0.717) is 36.4 Å². The molecule has 1 fully saturated rings. The second kappa shape index (κ2) is 9.54. The Kier molecular flexibility index (Phi) is 6.12. The van der Waals surface area contributed by atoms with E-state index in [1.165, 1.54) is 0 Å². The number of hydrogen-bond donors (Lipinski definition) is 2. The topological polar surface area (TPSA) is 131 Å². The van der Waals surface area contributed by atoms with E-state index in [2.05, 4.69) is 22.5 Å². The van der Waals surface area contributed by atoms with Crippen LogP contribution in [-0.4, -0.2) is 53.8 Å². The van der Waals surface area contributed by atoms with E-state index in [-0.39, 0.29) is 30.8 Å². The standard InChI is InChI=1S/C26H21N3O7/c30-22(9-5-16-4-8-20-21(13-16)36-14-35-20)27-11-1-2-15-3-6-17-18(12-15)26(34)29(25(17)33)19-7-10-23(31)28-24(19)32/h3-4,6,8,12-13,19H,1-2,7,10-11,14H2,(H,27,30)(H,28,31,32). The molecule has 5 amide bonds. The van der Waals surface area contributed by atoms with Gasteiger partial charge in [-0.15, -0.1) is 0 Å². The first kappa shape index (κ1) is 23.1. The minimum Gasteiger partial charge on any atom is -0.454 e. The van der Waals surface area contributed by atoms with Crippen LogP contribution in [0.3, 0.4) is 0 Å². The second-order valence-corrected chi connectivity index (χ2v) is 8.50. The van der Waals surface area contributed by atoms with Crippen molar-refractivity contribution in [3.8, 4) is 23.3 Å². The molecule has 2 N–H and O–H groups in total. The molecule has 0 radical (unpaired) electrons. The molecule has 1 unspecified atom stereocenters. The number of benzene rings is 2. The van der Waals surface area contributed by atoms with Gasteiger partial charge in [-0.05, 0) is 55.2 Å². The van der Waals surface area contributed by atoms with Gasteiger partial charge in [0, 0.05) is 24.4 Å². The number of aryl methyl sites for hydroxylation is 1. The average molecular weight is 487 g/mol. The fourth-order valence-corrected chi connectivity index (χ4v) is 4.32. The molecule has 1 atom stereocenters. The number of ether oxygens (including phenoxy) is 2. The van der Waals surface area contributed by atoms with Gasteiger partial charge in [-0.3, -0.25) is 34.2 Å². The van der Waals surface area contributed by atoms with E-state index in [0.717, 1.165) is 10.5 Å². The molecule has 10 nitrogen and oxygen atoms in total. The van der Waals surface area contributed by atoms with E-state index in [9.17, 15) is 24.0 Å². The summed E-state index contributed by atoms with van der Waals surface area (Å²) in [5.74, 6) is 4.01. The third kappa shape index (κ3) is 4.51. The van der Waals surface area contributed by atoms with Crippen LogP contribution in [0.15, 0.2) is 36.4 Å². The minimum atomic E-state index is -0.993. The number of nitrogens with zero attached hydrogens (tertiary/aromatic N) is 1. The van der Waals surface area contributed by atoms with Crippen molar-refractivity contribution in [2.24, 2.45) is 0 Å². The fourth-order valence-electron chi connectivity index (χ4n) is 4.32. The molecule has 0 spiro atoms. The van der Waals surface area contributed by atoms with Crippen molar-refractivity contribution in [1.82, 2.24) is 15.5 Å². The number of carbonyl (C=O) groups excluding carboxylic acids is 5. The van der Waals surface area contributed by atoms with Crippen LogP contribution in [0.4, 0.5) is 0 Å². The van der Waals surface area contributed by atoms with Gasteiger partial charge < -0.3 is 14.8 Å². The predicted molar refractivity (Wildman–Crippen MR) is 124 cm³/mol. The third-order valence-corrected chi connectivity index (χ3v) is 6.12. The minimum absolute atomic E-state index is 0.0713. The number of imide groups is 2. The highest BCUT2D eigenvalue weighted by Gasteiger charge is 2.44. The molecule has 36 heavy (non-hydrogen) atoms. The summed E-state index contributed by atoms with van der Waals surface area (Å²) in [6, 6.07) is 9.17. The van der Waals surface area contributed by atoms with Gasteiger partial charge in [-0.1, -0.05) is 12.0 Å². The number of hydrogen-bond acceptors (Lipinski definition) is 7. The first-order chi connectivity index (χ1) is 17.4. The quantitative estimate of drug-likeness (QED) is 0.364. The Morgan fingerprint density at radius 3 is 2.67 bits per heavy atom. The van der Waals surface area contributed by atoms with Gasteiger partial charge >= 0.3 is 0 Å². The van der Waals surface area contributed by atoms with Gasteiger partial charge in [-0.2, -0.15) is 0 Å². The highest BCUT2D eigenvalue weighted by atomic mass is 16.7. The maximum Gasteiger partial charge on any atom is 0.296 e. The van der Waals surface area contributed by atoms with Crippen molar-refractivity contribution < 1.29 is 33.4 Å². The lowest BCUT2D eigenvalue weighted by molar-refractivity contribution is -0.136. The van der Waals surface area contributed by atoms with Crippen LogP contribution in [-0.2, 0) is 20.8 Å². The highest BCUT2D eigenvalue weighted by molar-refractivity contribution is 6.23. The van der Waals surface area contributed by atoms with Gasteiger partial charge in [0.1, 0.15) is 6.04 Å². The van der Waals surface area contributed by atoms with E-state index in [1.807, 2.05) is 0 Å². The molecule has 0 aliphatic carbocycles. The summed E-state index contributed by atoms with van der Waals surface area (Å²) in [5, 5.41) is 4.91. The van der Waals surface area contributed by atoms with Crippen LogP contribution in [0.1, 0.15) is 51.1 Å². The van der Waals surface area contributed by atoms with E-state index in [4.69, 9.17) is 9.47 Å². The SMILES string of the molecule is O=C(C#Cc1ccc2c(c1)OCO2)NCCCc1ccc2c(c1)C(=O)N(C1CCC(=O)NC1=O)C2=O. The summed E-state index contributed by atoms with van der Waals surface area (Å²) in [7, 11) is 0. The zero-order valence-corrected chi connectivity index (χ0v) is 19.1. The Bertz CT molecular complexity index is 1370. The fraction of sp³-hybridized carbons (Fsp3) is 0.269. The van der Waals surface area contributed by atoms with Crippen molar-refractivity contribution in [2.45, 2.75) is 31.7 Å². The van der Waals surface area contributed by atoms with E-state index < -0.39 is 35.6 Å². The lowest BCUT2D eigenvalue weighted by Crippen LogP contribution is -2.54. The van der Waals surface area contributed by atoms with Crippen molar-refractivity contribution in [2.75, 3.05) is 13.3 Å². The number of carbonyl (C=O) groups is 5. The molecule has 1 saturated heterocycles. The molecular formula is C26H21N3O7. The van der Waals surface area contributed by atoms with Crippen LogP contribution in [0.25, 0.3) is 0 Å². The smallest absolute Gasteiger partial charge is 0.296 e. The summed E-state index contributed by atoms with van der Waals surface area (Å²) >= 11 is 0. The Morgan fingerprint density at radius 2 is 1.83 bits per heavy atom. The Balaban J connectivity index is 1.14. The van der Waals surface area contributed by atoms with Crippen LogP contribution in [0.2, 0.25) is 0 Å². The van der Waals surface area contributed by atoms with Gasteiger partial charge in [0.05, 0.1) is 11.1 Å². The molecule has 0 saturated carbocycles. The van der Waals surface area contributed by atoms with Crippen LogP contribution in [0.5, 0.6) is 11.5 Å². The molecule has 0 bridgehead atoms. The summed E-state index contributed by atoms with van der Waals surface area (Å²) in [6.07, 6.45) is 1.33. The summed E-state index contributed by atoms with van der Waals surface area (Å²) in [5.41, 5.74) is 1.93. The van der Waals surface area contributed by atoms with Crippen molar-refractivity contribution in [3.05, 3.63) is 58.7 Å². The van der Waals surface area contributed by atoms with E-state index >= 15 is 0 Å². The van der Waals surface area contributed by atoms with Crippen molar-refractivity contribution >= 4 is 29.5 Å². The zero-order valence-electron chi connectivity index (χ0n) is 19.1. The number of fused-ring (bicyclic) bond motifs is 2. The lowest BCUT2D eigenvalue weighted by atomic mass is 10.0. The molecule has 3 aliphatic rings. The van der Waals surface area contributed by atoms with Gasteiger partial charge in [-0.25, -0.2) is 0 Å². The number of rotatable bonds is 5. The lowest BCUT2D eigenvalue weighted by Gasteiger charge is -2.27.